The van der Waals surface area contributed by atoms with Gasteiger partial charge in [-0.15, -0.1) is 0 Å². The highest BCUT2D eigenvalue weighted by Gasteiger charge is 2.21. The molecule has 0 spiro atoms. The van der Waals surface area contributed by atoms with Crippen molar-refractivity contribution in [2.45, 2.75) is 0 Å². The number of rotatable bonds is 1. The van der Waals surface area contributed by atoms with E-state index in [-0.39, 0.29) is 10.5 Å². The van der Waals surface area contributed by atoms with Crippen LogP contribution >= 0.6 is 19.2 Å². The molecule has 1 heterocycles. The monoisotopic (exact) mass is 193 g/mol. The molecular formula is C5H5ClNO3P. The van der Waals surface area contributed by atoms with Crippen molar-refractivity contribution in [2.24, 2.45) is 0 Å². The number of hydrogen-bond donors (Lipinski definition) is 2. The van der Waals surface area contributed by atoms with Crippen molar-refractivity contribution in [2.75, 3.05) is 0 Å². The molecule has 0 atom stereocenters. The summed E-state index contributed by atoms with van der Waals surface area (Å²) in [6.07, 6.45) is 1.28. The lowest BCUT2D eigenvalue weighted by Crippen LogP contribution is -2.09. The standard InChI is InChI=1S/C5H5ClNO3P/c6-4-2-1-3-7-5(4)11(8,9)10/h1-3H,(H2,8,9,10). The number of aromatic nitrogens is 1. The summed E-state index contributed by atoms with van der Waals surface area (Å²) in [5.74, 6) is 0. The van der Waals surface area contributed by atoms with Gasteiger partial charge >= 0.3 is 7.60 Å². The van der Waals surface area contributed by atoms with E-state index in [1.54, 1.807) is 0 Å². The van der Waals surface area contributed by atoms with Crippen LogP contribution in [0.5, 0.6) is 0 Å². The van der Waals surface area contributed by atoms with E-state index in [1.165, 1.54) is 18.3 Å². The summed E-state index contributed by atoms with van der Waals surface area (Å²) >= 11 is 5.45. The van der Waals surface area contributed by atoms with E-state index < -0.39 is 7.60 Å². The first-order valence-electron chi connectivity index (χ1n) is 2.68. The largest absolute Gasteiger partial charge is 0.375 e. The van der Waals surface area contributed by atoms with Crippen molar-refractivity contribution >= 4 is 24.6 Å². The second-order valence-corrected chi connectivity index (χ2v) is 3.77. The SMILES string of the molecule is O=P(O)(O)c1ncccc1Cl. The summed E-state index contributed by atoms with van der Waals surface area (Å²) in [5, 5.41) is -0.0131. The normalized spacial score (nSPS) is 11.5. The lowest BCUT2D eigenvalue weighted by atomic mass is 10.5. The first kappa shape index (κ1) is 8.68. The van der Waals surface area contributed by atoms with E-state index in [1.807, 2.05) is 0 Å². The second-order valence-electron chi connectivity index (χ2n) is 1.85. The van der Waals surface area contributed by atoms with Crippen molar-refractivity contribution in [3.05, 3.63) is 23.4 Å². The van der Waals surface area contributed by atoms with Gasteiger partial charge in [-0.2, -0.15) is 0 Å². The summed E-state index contributed by atoms with van der Waals surface area (Å²) in [7, 11) is -4.30. The molecule has 0 saturated carbocycles. The maximum Gasteiger partial charge on any atom is 0.375 e. The molecule has 0 saturated heterocycles. The Morgan fingerprint density at radius 2 is 2.18 bits per heavy atom. The van der Waals surface area contributed by atoms with E-state index in [2.05, 4.69) is 4.98 Å². The highest BCUT2D eigenvalue weighted by Crippen LogP contribution is 2.34. The summed E-state index contributed by atoms with van der Waals surface area (Å²) in [5.41, 5.74) is -0.373. The smallest absolute Gasteiger partial charge is 0.320 e. The summed E-state index contributed by atoms with van der Waals surface area (Å²) in [6.45, 7) is 0. The van der Waals surface area contributed by atoms with Gasteiger partial charge in [0.25, 0.3) is 0 Å². The Hall–Kier alpha value is -0.410. The van der Waals surface area contributed by atoms with Gasteiger partial charge in [0, 0.05) is 6.20 Å². The quantitative estimate of drug-likeness (QED) is 0.639. The number of nitrogens with zero attached hydrogens (tertiary/aromatic N) is 1. The fourth-order valence-electron chi connectivity index (χ4n) is 0.592. The van der Waals surface area contributed by atoms with Gasteiger partial charge in [-0.1, -0.05) is 11.6 Å². The molecule has 0 aromatic carbocycles. The van der Waals surface area contributed by atoms with Crippen molar-refractivity contribution in [3.8, 4) is 0 Å². The molecule has 11 heavy (non-hydrogen) atoms. The fraction of sp³-hybridized carbons (Fsp3) is 0. The first-order chi connectivity index (χ1) is 5.02. The van der Waals surface area contributed by atoms with Gasteiger partial charge in [-0.25, -0.2) is 4.98 Å². The van der Waals surface area contributed by atoms with Crippen LogP contribution in [0, 0.1) is 0 Å². The van der Waals surface area contributed by atoms with E-state index >= 15 is 0 Å². The Balaban J connectivity index is 3.25. The van der Waals surface area contributed by atoms with Gasteiger partial charge in [-0.3, -0.25) is 4.57 Å². The Bertz CT molecular complexity index is 310. The minimum atomic E-state index is -4.30. The molecular weight excluding hydrogens is 188 g/mol. The predicted octanol–water partition coefficient (Wildman–Crippen LogP) is 0.538. The van der Waals surface area contributed by atoms with E-state index in [0.717, 1.165) is 0 Å². The van der Waals surface area contributed by atoms with Gasteiger partial charge in [0.05, 0.1) is 5.02 Å². The highest BCUT2D eigenvalue weighted by atomic mass is 35.5. The van der Waals surface area contributed by atoms with Gasteiger partial charge in [0.2, 0.25) is 0 Å². The summed E-state index contributed by atoms with van der Waals surface area (Å²) in [6, 6.07) is 2.88. The molecule has 0 fully saturated rings. The summed E-state index contributed by atoms with van der Waals surface area (Å²) in [4.78, 5) is 20.7. The zero-order valence-corrected chi connectivity index (χ0v) is 6.96. The van der Waals surface area contributed by atoms with Gasteiger partial charge in [-0.05, 0) is 12.1 Å². The minimum Gasteiger partial charge on any atom is -0.320 e. The molecule has 60 valence electrons. The number of pyridine rings is 1. The second kappa shape index (κ2) is 2.91. The molecule has 4 nitrogen and oxygen atoms in total. The van der Waals surface area contributed by atoms with Crippen LogP contribution in [-0.4, -0.2) is 14.8 Å². The van der Waals surface area contributed by atoms with Crippen LogP contribution in [-0.2, 0) is 4.57 Å². The van der Waals surface area contributed by atoms with Crippen LogP contribution < -0.4 is 5.44 Å². The lowest BCUT2D eigenvalue weighted by molar-refractivity contribution is 0.386. The third kappa shape index (κ3) is 2.01. The maximum atomic E-state index is 10.6. The average Bonchev–Trinajstić information content (AvgIpc) is 1.86. The number of hydrogen-bond acceptors (Lipinski definition) is 2. The van der Waals surface area contributed by atoms with Crippen molar-refractivity contribution in [1.82, 2.24) is 4.98 Å². The third-order valence-corrected chi connectivity index (χ3v) is 2.36. The number of halogens is 1. The zero-order chi connectivity index (χ0) is 8.48. The molecule has 0 radical (unpaired) electrons. The van der Waals surface area contributed by atoms with Gasteiger partial charge in [0.15, 0.2) is 5.44 Å². The van der Waals surface area contributed by atoms with Gasteiger partial charge in [0.1, 0.15) is 0 Å². The molecule has 6 heteroatoms. The lowest BCUT2D eigenvalue weighted by Gasteiger charge is -2.02. The Morgan fingerprint density at radius 3 is 2.55 bits per heavy atom. The van der Waals surface area contributed by atoms with Crippen LogP contribution in [0.1, 0.15) is 0 Å². The van der Waals surface area contributed by atoms with Crippen LogP contribution in [0.15, 0.2) is 18.3 Å². The molecule has 1 rings (SSSR count). The Kier molecular flexibility index (Phi) is 2.30. The fourth-order valence-corrected chi connectivity index (χ4v) is 1.61. The van der Waals surface area contributed by atoms with Gasteiger partial charge < -0.3 is 9.79 Å². The third-order valence-electron chi connectivity index (χ3n) is 1.01. The Morgan fingerprint density at radius 1 is 1.55 bits per heavy atom. The molecule has 0 amide bonds. The first-order valence-corrected chi connectivity index (χ1v) is 4.67. The zero-order valence-electron chi connectivity index (χ0n) is 5.31. The van der Waals surface area contributed by atoms with Crippen molar-refractivity contribution in [3.63, 3.8) is 0 Å². The molecule has 1 aromatic rings. The van der Waals surface area contributed by atoms with E-state index in [0.29, 0.717) is 0 Å². The topological polar surface area (TPSA) is 70.4 Å². The van der Waals surface area contributed by atoms with Crippen molar-refractivity contribution in [1.29, 1.82) is 0 Å². The summed E-state index contributed by atoms with van der Waals surface area (Å²) < 4.78 is 10.6. The van der Waals surface area contributed by atoms with Crippen LogP contribution in [0.4, 0.5) is 0 Å². The molecule has 0 bridgehead atoms. The molecule has 2 N–H and O–H groups in total. The predicted molar refractivity (Wildman–Crippen MR) is 40.9 cm³/mol. The molecule has 0 unspecified atom stereocenters. The van der Waals surface area contributed by atoms with Crippen LogP contribution in [0.25, 0.3) is 0 Å². The van der Waals surface area contributed by atoms with Crippen LogP contribution in [0.3, 0.4) is 0 Å². The molecule has 1 aromatic heterocycles. The Labute approximate surface area is 68.0 Å². The average molecular weight is 194 g/mol. The van der Waals surface area contributed by atoms with E-state index in [9.17, 15) is 4.57 Å². The highest BCUT2D eigenvalue weighted by molar-refractivity contribution is 7.60. The van der Waals surface area contributed by atoms with E-state index in [4.69, 9.17) is 21.4 Å². The maximum absolute atomic E-state index is 10.6. The molecule has 0 aliphatic heterocycles. The molecule has 0 aliphatic rings. The molecule has 0 aliphatic carbocycles. The van der Waals surface area contributed by atoms with Crippen LogP contribution in [0.2, 0.25) is 5.02 Å². The van der Waals surface area contributed by atoms with Crippen molar-refractivity contribution < 1.29 is 14.4 Å². The minimum absolute atomic E-state index is 0.0131.